The molecule has 0 heterocycles. The lowest BCUT2D eigenvalue weighted by Gasteiger charge is -2.08. The van der Waals surface area contributed by atoms with Crippen LogP contribution in [0.1, 0.15) is 6.42 Å². The predicted octanol–water partition coefficient (Wildman–Crippen LogP) is 1.07. The smallest absolute Gasteiger partial charge is 0.318 e. The van der Waals surface area contributed by atoms with E-state index in [1.807, 2.05) is 0 Å². The lowest BCUT2D eigenvalue weighted by Crippen LogP contribution is -2.25. The molecule has 0 aliphatic rings. The summed E-state index contributed by atoms with van der Waals surface area (Å²) in [6.45, 7) is 0. The first-order valence-electron chi connectivity index (χ1n) is 2.68. The molecule has 11 heavy (non-hydrogen) atoms. The summed E-state index contributed by atoms with van der Waals surface area (Å²) in [6, 6.07) is 0. The fraction of sp³-hybridized carbons (Fsp3) is 0.600. The van der Waals surface area contributed by atoms with E-state index >= 15 is 0 Å². The minimum atomic E-state index is -1.08. The molecule has 0 rings (SSSR count). The Hall–Kier alpha value is -0.100. The largest absolute Gasteiger partial charge is 0.481 e. The first kappa shape index (κ1) is 10.9. The molecule has 0 spiro atoms. The third-order valence-corrected chi connectivity index (χ3v) is 3.51. The van der Waals surface area contributed by atoms with Gasteiger partial charge >= 0.3 is 11.9 Å². The number of aliphatic carboxylic acids is 2. The van der Waals surface area contributed by atoms with Crippen molar-refractivity contribution < 1.29 is 19.8 Å². The van der Waals surface area contributed by atoms with Crippen LogP contribution < -0.4 is 0 Å². The zero-order valence-corrected chi connectivity index (χ0v) is 8.50. The Kier molecular flexibility index (Phi) is 4.67. The summed E-state index contributed by atoms with van der Waals surface area (Å²) >= 11 is 5.76. The minimum Gasteiger partial charge on any atom is -0.481 e. The molecule has 0 aromatic heterocycles. The van der Waals surface area contributed by atoms with Crippen LogP contribution in [0.4, 0.5) is 0 Å². The molecule has 0 amide bonds. The Bertz CT molecular complexity index is 170. The molecule has 0 aliphatic heterocycles. The Labute approximate surface area is 79.8 Å². The minimum absolute atomic E-state index is 0.220. The van der Waals surface area contributed by atoms with E-state index in [9.17, 15) is 9.59 Å². The molecule has 0 aliphatic carbocycles. The molecule has 2 N–H and O–H groups in total. The average molecular weight is 290 g/mol. The van der Waals surface area contributed by atoms with Gasteiger partial charge < -0.3 is 10.2 Å². The van der Waals surface area contributed by atoms with Gasteiger partial charge in [0.25, 0.3) is 0 Å². The van der Waals surface area contributed by atoms with Crippen LogP contribution in [0.15, 0.2) is 0 Å². The third-order valence-electron chi connectivity index (χ3n) is 0.923. The fourth-order valence-corrected chi connectivity index (χ4v) is 1.11. The van der Waals surface area contributed by atoms with Crippen LogP contribution in [0.5, 0.6) is 0 Å². The van der Waals surface area contributed by atoms with Gasteiger partial charge in [0, 0.05) is 4.83 Å². The van der Waals surface area contributed by atoms with E-state index in [2.05, 4.69) is 31.9 Å². The first-order valence-corrected chi connectivity index (χ1v) is 4.51. The second-order valence-corrected chi connectivity index (χ2v) is 4.02. The van der Waals surface area contributed by atoms with E-state index in [1.54, 1.807) is 0 Å². The van der Waals surface area contributed by atoms with Gasteiger partial charge in [0.2, 0.25) is 0 Å². The van der Waals surface area contributed by atoms with Crippen LogP contribution >= 0.6 is 31.9 Å². The van der Waals surface area contributed by atoms with Gasteiger partial charge in [-0.25, -0.2) is 0 Å². The Morgan fingerprint density at radius 2 is 1.73 bits per heavy atom. The molecule has 0 fully saturated rings. The Balaban J connectivity index is 3.92. The molecule has 2 unspecified atom stereocenters. The first-order chi connectivity index (χ1) is 4.95. The number of carboxylic acids is 2. The summed E-state index contributed by atoms with van der Waals surface area (Å²) in [7, 11) is 0. The number of rotatable bonds is 4. The van der Waals surface area contributed by atoms with Crippen molar-refractivity contribution in [3.05, 3.63) is 0 Å². The zero-order valence-electron chi connectivity index (χ0n) is 5.33. The van der Waals surface area contributed by atoms with Crippen molar-refractivity contribution >= 4 is 43.8 Å². The van der Waals surface area contributed by atoms with Crippen molar-refractivity contribution in [1.29, 1.82) is 0 Å². The summed E-state index contributed by atoms with van der Waals surface area (Å²) in [5, 5.41) is 16.7. The maximum Gasteiger partial charge on any atom is 0.318 e. The molecular formula is C5H6Br2O4. The summed E-state index contributed by atoms with van der Waals surface area (Å²) < 4.78 is 0. The second kappa shape index (κ2) is 4.71. The monoisotopic (exact) mass is 288 g/mol. The quantitative estimate of drug-likeness (QED) is 0.759. The molecular weight excluding hydrogens is 284 g/mol. The van der Waals surface area contributed by atoms with Gasteiger partial charge in [-0.3, -0.25) is 9.59 Å². The number of alkyl halides is 2. The van der Waals surface area contributed by atoms with Crippen LogP contribution in [0, 0.1) is 0 Å². The fourth-order valence-electron chi connectivity index (χ4n) is 0.425. The Morgan fingerprint density at radius 3 is 2.00 bits per heavy atom. The number of carbonyl (C=O) groups is 2. The molecule has 0 radical (unpaired) electrons. The van der Waals surface area contributed by atoms with E-state index in [4.69, 9.17) is 10.2 Å². The molecule has 0 aromatic carbocycles. The normalized spacial score (nSPS) is 15.5. The number of halogens is 2. The van der Waals surface area contributed by atoms with Gasteiger partial charge in [-0.15, -0.1) is 0 Å². The lowest BCUT2D eigenvalue weighted by molar-refractivity contribution is -0.137. The predicted molar refractivity (Wildman–Crippen MR) is 45.3 cm³/mol. The van der Waals surface area contributed by atoms with E-state index < -0.39 is 21.6 Å². The highest BCUT2D eigenvalue weighted by molar-refractivity contribution is 9.12. The topological polar surface area (TPSA) is 74.6 Å². The lowest BCUT2D eigenvalue weighted by atomic mass is 10.2. The Morgan fingerprint density at radius 1 is 1.27 bits per heavy atom. The van der Waals surface area contributed by atoms with Crippen molar-refractivity contribution in [3.8, 4) is 0 Å². The summed E-state index contributed by atoms with van der Waals surface area (Å²) in [5.41, 5.74) is 0. The molecule has 64 valence electrons. The van der Waals surface area contributed by atoms with Crippen molar-refractivity contribution in [2.75, 3.05) is 0 Å². The highest BCUT2D eigenvalue weighted by atomic mass is 79.9. The van der Waals surface area contributed by atoms with Crippen molar-refractivity contribution in [2.45, 2.75) is 16.1 Å². The summed E-state index contributed by atoms with van der Waals surface area (Å²) in [5.74, 6) is -2.11. The van der Waals surface area contributed by atoms with E-state index in [1.165, 1.54) is 0 Å². The van der Waals surface area contributed by atoms with Gasteiger partial charge in [-0.2, -0.15) is 0 Å². The second-order valence-electron chi connectivity index (χ2n) is 1.85. The van der Waals surface area contributed by atoms with Crippen LogP contribution in [0.3, 0.4) is 0 Å². The molecule has 4 nitrogen and oxygen atoms in total. The van der Waals surface area contributed by atoms with Crippen molar-refractivity contribution in [1.82, 2.24) is 0 Å². The van der Waals surface area contributed by atoms with Gasteiger partial charge in [-0.1, -0.05) is 31.9 Å². The standard InChI is InChI=1S/C5H6Br2O4/c6-2(1-3(8)9)4(7)5(10)11/h2,4H,1H2,(H,8,9)(H,10,11). The SMILES string of the molecule is O=C(O)CC(Br)C(Br)C(=O)O. The average Bonchev–Trinajstić information content (AvgIpc) is 1.84. The maximum atomic E-state index is 10.3. The van der Waals surface area contributed by atoms with Crippen LogP contribution in [0.25, 0.3) is 0 Å². The van der Waals surface area contributed by atoms with Crippen LogP contribution in [0.2, 0.25) is 0 Å². The molecule has 2 atom stereocenters. The molecule has 0 saturated carbocycles. The third kappa shape index (κ3) is 4.36. The molecule has 0 aromatic rings. The van der Waals surface area contributed by atoms with Crippen LogP contribution in [-0.4, -0.2) is 31.8 Å². The van der Waals surface area contributed by atoms with E-state index in [-0.39, 0.29) is 6.42 Å². The van der Waals surface area contributed by atoms with Gasteiger partial charge in [-0.05, 0) is 0 Å². The number of hydrogen-bond donors (Lipinski definition) is 2. The van der Waals surface area contributed by atoms with Crippen LogP contribution in [-0.2, 0) is 9.59 Å². The van der Waals surface area contributed by atoms with Gasteiger partial charge in [0.15, 0.2) is 0 Å². The van der Waals surface area contributed by atoms with Gasteiger partial charge in [0.05, 0.1) is 6.42 Å². The summed E-state index contributed by atoms with van der Waals surface area (Å²) in [6.07, 6.45) is -0.220. The molecule has 6 heteroatoms. The highest BCUT2D eigenvalue weighted by Gasteiger charge is 2.24. The maximum absolute atomic E-state index is 10.3. The molecule has 0 saturated heterocycles. The zero-order chi connectivity index (χ0) is 9.02. The van der Waals surface area contributed by atoms with E-state index in [0.29, 0.717) is 0 Å². The van der Waals surface area contributed by atoms with E-state index in [0.717, 1.165) is 0 Å². The number of carboxylic acid groups (broad SMARTS) is 2. The van der Waals surface area contributed by atoms with Crippen molar-refractivity contribution in [3.63, 3.8) is 0 Å². The molecule has 0 bridgehead atoms. The number of hydrogen-bond acceptors (Lipinski definition) is 2. The summed E-state index contributed by atoms with van der Waals surface area (Å²) in [4.78, 5) is 18.9. The highest BCUT2D eigenvalue weighted by Crippen LogP contribution is 2.17. The van der Waals surface area contributed by atoms with Crippen molar-refractivity contribution in [2.24, 2.45) is 0 Å². The van der Waals surface area contributed by atoms with Gasteiger partial charge in [0.1, 0.15) is 4.83 Å².